The van der Waals surface area contributed by atoms with Crippen LogP contribution in [0.25, 0.3) is 0 Å². The molecule has 22 heavy (non-hydrogen) atoms. The monoisotopic (exact) mass is 340 g/mol. The van der Waals surface area contributed by atoms with Gasteiger partial charge in [-0.05, 0) is 51.1 Å². The van der Waals surface area contributed by atoms with Crippen molar-refractivity contribution < 1.29 is 9.47 Å². The Bertz CT molecular complexity index is 514. The summed E-state index contributed by atoms with van der Waals surface area (Å²) in [6.07, 6.45) is 0. The van der Waals surface area contributed by atoms with Crippen molar-refractivity contribution in [3.8, 4) is 11.5 Å². The smallest absolute Gasteiger partial charge is 0.134 e. The van der Waals surface area contributed by atoms with E-state index < -0.39 is 0 Å². The fourth-order valence-electron chi connectivity index (χ4n) is 2.02. The second kappa shape index (κ2) is 8.53. The van der Waals surface area contributed by atoms with E-state index in [-0.39, 0.29) is 0 Å². The first-order chi connectivity index (χ1) is 10.6. The van der Waals surface area contributed by atoms with Crippen LogP contribution in [0.4, 0.5) is 0 Å². The van der Waals surface area contributed by atoms with Crippen LogP contribution in [0.1, 0.15) is 9.75 Å². The average molecular weight is 341 g/mol. The molecule has 0 unspecified atom stereocenters. The number of rotatable bonds is 9. The highest BCUT2D eigenvalue weighted by Crippen LogP contribution is 2.27. The van der Waals surface area contributed by atoms with E-state index in [4.69, 9.17) is 9.47 Å². The van der Waals surface area contributed by atoms with Gasteiger partial charge in [-0.15, -0.1) is 22.7 Å². The lowest BCUT2D eigenvalue weighted by atomic mass is 10.4. The van der Waals surface area contributed by atoms with E-state index in [1.54, 1.807) is 22.7 Å². The van der Waals surface area contributed by atoms with Crippen LogP contribution < -0.4 is 9.47 Å². The summed E-state index contributed by atoms with van der Waals surface area (Å²) in [7, 11) is 8.26. The number of hydrogen-bond acceptors (Lipinski definition) is 6. The average Bonchev–Trinajstić information content (AvgIpc) is 3.04. The van der Waals surface area contributed by atoms with Gasteiger partial charge in [0, 0.05) is 13.1 Å². The second-order valence-electron chi connectivity index (χ2n) is 5.59. The minimum atomic E-state index is 0.564. The normalized spacial score (nSPS) is 11.4. The zero-order valence-electron chi connectivity index (χ0n) is 13.7. The van der Waals surface area contributed by atoms with Gasteiger partial charge in [0.25, 0.3) is 0 Å². The maximum atomic E-state index is 5.85. The van der Waals surface area contributed by atoms with Crippen molar-refractivity contribution in [2.75, 3.05) is 41.4 Å². The summed E-state index contributed by atoms with van der Waals surface area (Å²) < 4.78 is 11.7. The molecule has 0 spiro atoms. The molecule has 0 aliphatic carbocycles. The molecule has 122 valence electrons. The number of ether oxygens (including phenoxy) is 2. The molecule has 0 bridgehead atoms. The molecule has 0 aromatic carbocycles. The first-order valence-corrected chi connectivity index (χ1v) is 9.00. The lowest BCUT2D eigenvalue weighted by Crippen LogP contribution is -2.14. The van der Waals surface area contributed by atoms with Crippen LogP contribution in [-0.2, 0) is 13.1 Å². The molecule has 0 N–H and O–H groups in total. The molecule has 0 fully saturated rings. The number of nitrogens with zero attached hydrogens (tertiary/aromatic N) is 2. The van der Waals surface area contributed by atoms with Gasteiger partial charge in [-0.25, -0.2) is 0 Å². The quantitative estimate of drug-likeness (QED) is 0.653. The third-order valence-electron chi connectivity index (χ3n) is 2.93. The van der Waals surface area contributed by atoms with Crippen molar-refractivity contribution in [1.82, 2.24) is 9.80 Å². The molecular weight excluding hydrogens is 316 g/mol. The first-order valence-electron chi connectivity index (χ1n) is 7.24. The minimum Gasteiger partial charge on any atom is -0.489 e. The molecule has 4 nitrogen and oxygen atoms in total. The Hall–Kier alpha value is -1.08. The predicted molar refractivity (Wildman–Crippen MR) is 94.4 cm³/mol. The Kier molecular flexibility index (Phi) is 6.70. The number of hydrogen-bond donors (Lipinski definition) is 0. The maximum absolute atomic E-state index is 5.85. The largest absolute Gasteiger partial charge is 0.489 e. The highest BCUT2D eigenvalue weighted by atomic mass is 32.1. The molecule has 2 aromatic rings. The topological polar surface area (TPSA) is 24.9 Å². The molecular formula is C16H24N2O2S2. The lowest BCUT2D eigenvalue weighted by Gasteiger charge is -2.13. The van der Waals surface area contributed by atoms with Crippen LogP contribution >= 0.6 is 22.7 Å². The van der Waals surface area contributed by atoms with Crippen molar-refractivity contribution in [2.45, 2.75) is 13.1 Å². The molecule has 0 radical (unpaired) electrons. The Morgan fingerprint density at radius 3 is 1.55 bits per heavy atom. The lowest BCUT2D eigenvalue weighted by molar-refractivity contribution is 0.213. The van der Waals surface area contributed by atoms with E-state index in [1.807, 2.05) is 12.1 Å². The van der Waals surface area contributed by atoms with Crippen molar-refractivity contribution in [3.63, 3.8) is 0 Å². The molecule has 0 amide bonds. The fraction of sp³-hybridized carbons (Fsp3) is 0.500. The Labute approximate surface area is 140 Å². The zero-order valence-corrected chi connectivity index (χ0v) is 15.3. The van der Waals surface area contributed by atoms with E-state index in [1.165, 1.54) is 9.75 Å². The van der Waals surface area contributed by atoms with Gasteiger partial charge >= 0.3 is 0 Å². The van der Waals surface area contributed by atoms with Gasteiger partial charge in [0.15, 0.2) is 0 Å². The zero-order chi connectivity index (χ0) is 15.9. The number of thiophene rings is 2. The third-order valence-corrected chi connectivity index (χ3v) is 4.70. The summed E-state index contributed by atoms with van der Waals surface area (Å²) in [4.78, 5) is 6.81. The highest BCUT2D eigenvalue weighted by Gasteiger charge is 2.08. The predicted octanol–water partition coefficient (Wildman–Crippen LogP) is 3.39. The van der Waals surface area contributed by atoms with Crippen LogP contribution in [-0.4, -0.2) is 51.2 Å². The maximum Gasteiger partial charge on any atom is 0.134 e. The van der Waals surface area contributed by atoms with Crippen LogP contribution in [0.3, 0.4) is 0 Å². The van der Waals surface area contributed by atoms with Crippen LogP contribution in [0.2, 0.25) is 0 Å². The van der Waals surface area contributed by atoms with Crippen molar-refractivity contribution in [1.29, 1.82) is 0 Å². The van der Waals surface area contributed by atoms with Crippen molar-refractivity contribution >= 4 is 22.7 Å². The first kappa shape index (κ1) is 17.3. The van der Waals surface area contributed by atoms with E-state index in [0.717, 1.165) is 24.6 Å². The molecule has 0 saturated heterocycles. The van der Waals surface area contributed by atoms with Crippen molar-refractivity contribution in [3.05, 3.63) is 32.6 Å². The molecule has 0 aliphatic heterocycles. The second-order valence-corrected chi connectivity index (χ2v) is 7.59. The van der Waals surface area contributed by atoms with E-state index >= 15 is 0 Å². The minimum absolute atomic E-state index is 0.564. The molecule has 6 heteroatoms. The summed E-state index contributed by atoms with van der Waals surface area (Å²) in [6, 6.07) is 4.07. The highest BCUT2D eigenvalue weighted by molar-refractivity contribution is 7.10. The standard InChI is InChI=1S/C16H24N2O2S2/c1-17(2)11-15-13(5-9-21-15)19-7-8-20-14-6-10-22-16(14)12-18(3)4/h5-6,9-10H,7-8,11-12H2,1-4H3. The van der Waals surface area contributed by atoms with Gasteiger partial charge in [0.2, 0.25) is 0 Å². The van der Waals surface area contributed by atoms with Gasteiger partial charge in [-0.3, -0.25) is 0 Å². The molecule has 0 saturated carbocycles. The SMILES string of the molecule is CN(C)Cc1sccc1OCCOc1ccsc1CN(C)C. The molecule has 0 atom stereocenters. The third kappa shape index (κ3) is 5.28. The van der Waals surface area contributed by atoms with Crippen LogP contribution in [0.5, 0.6) is 11.5 Å². The van der Waals surface area contributed by atoms with Gasteiger partial charge in [0.1, 0.15) is 24.7 Å². The summed E-state index contributed by atoms with van der Waals surface area (Å²) in [5.41, 5.74) is 0. The summed E-state index contributed by atoms with van der Waals surface area (Å²) >= 11 is 3.46. The van der Waals surface area contributed by atoms with Crippen LogP contribution in [0.15, 0.2) is 22.9 Å². The van der Waals surface area contributed by atoms with E-state index in [2.05, 4.69) is 48.8 Å². The summed E-state index contributed by atoms with van der Waals surface area (Å²) in [5.74, 6) is 1.95. The van der Waals surface area contributed by atoms with Gasteiger partial charge in [-0.1, -0.05) is 0 Å². The molecule has 2 rings (SSSR count). The summed E-state index contributed by atoms with van der Waals surface area (Å²) in [6.45, 7) is 2.94. The molecule has 2 heterocycles. The molecule has 0 aliphatic rings. The van der Waals surface area contributed by atoms with Crippen molar-refractivity contribution in [2.24, 2.45) is 0 Å². The van der Waals surface area contributed by atoms with Gasteiger partial charge in [-0.2, -0.15) is 0 Å². The Balaban J connectivity index is 1.78. The van der Waals surface area contributed by atoms with E-state index in [0.29, 0.717) is 13.2 Å². The van der Waals surface area contributed by atoms with E-state index in [9.17, 15) is 0 Å². The fourth-order valence-corrected chi connectivity index (χ4v) is 3.89. The van der Waals surface area contributed by atoms with Gasteiger partial charge < -0.3 is 19.3 Å². The summed E-state index contributed by atoms with van der Waals surface area (Å²) in [5, 5.41) is 4.15. The Morgan fingerprint density at radius 2 is 1.18 bits per heavy atom. The molecule has 2 aromatic heterocycles. The Morgan fingerprint density at radius 1 is 0.773 bits per heavy atom. The van der Waals surface area contributed by atoms with Crippen LogP contribution in [0, 0.1) is 0 Å². The van der Waals surface area contributed by atoms with Gasteiger partial charge in [0.05, 0.1) is 9.75 Å².